The minimum absolute atomic E-state index is 0.0985. The number of benzene rings is 1. The van der Waals surface area contributed by atoms with E-state index in [0.29, 0.717) is 23.7 Å². The number of hydrogen-bond acceptors (Lipinski definition) is 3. The molecule has 2 saturated heterocycles. The van der Waals surface area contributed by atoms with Gasteiger partial charge in [-0.1, -0.05) is 18.2 Å². The Bertz CT molecular complexity index is 941. The van der Waals surface area contributed by atoms with Crippen molar-refractivity contribution in [1.82, 2.24) is 9.47 Å². The second-order valence-corrected chi connectivity index (χ2v) is 7.04. The molecule has 4 nitrogen and oxygen atoms in total. The molecule has 0 amide bonds. The number of nitrogens with zero attached hydrogens (tertiary/aromatic N) is 2. The summed E-state index contributed by atoms with van der Waals surface area (Å²) >= 11 is 0. The zero-order valence-electron chi connectivity index (χ0n) is 13.2. The van der Waals surface area contributed by atoms with Gasteiger partial charge in [-0.25, -0.2) is 0 Å². The van der Waals surface area contributed by atoms with Gasteiger partial charge in [-0.3, -0.25) is 4.79 Å². The Kier molecular flexibility index (Phi) is 2.74. The molecular weight excluding hydrogens is 288 g/mol. The third-order valence-corrected chi connectivity index (χ3v) is 5.92. The molecule has 1 aromatic carbocycles. The van der Waals surface area contributed by atoms with Crippen molar-refractivity contribution >= 4 is 21.9 Å². The first-order valence-electron chi connectivity index (χ1n) is 8.46. The van der Waals surface area contributed by atoms with Crippen molar-refractivity contribution in [3.8, 4) is 0 Å². The van der Waals surface area contributed by atoms with Crippen LogP contribution in [0.15, 0.2) is 45.7 Å². The van der Waals surface area contributed by atoms with Gasteiger partial charge in [0.05, 0.1) is 5.39 Å². The van der Waals surface area contributed by atoms with E-state index in [1.54, 1.807) is 0 Å². The predicted octanol–water partition coefficient (Wildman–Crippen LogP) is 3.55. The molecule has 4 heterocycles. The van der Waals surface area contributed by atoms with Gasteiger partial charge >= 0.3 is 0 Å². The van der Waals surface area contributed by atoms with Crippen molar-refractivity contribution in [2.24, 2.45) is 0 Å². The normalized spacial score (nSPS) is 28.0. The summed E-state index contributed by atoms with van der Waals surface area (Å²) < 4.78 is 7.79. The van der Waals surface area contributed by atoms with Crippen molar-refractivity contribution in [3.63, 3.8) is 0 Å². The minimum atomic E-state index is 0.0985. The molecule has 0 unspecified atom stereocenters. The fourth-order valence-electron chi connectivity index (χ4n) is 4.64. The van der Waals surface area contributed by atoms with Gasteiger partial charge < -0.3 is 13.9 Å². The number of para-hydroxylation sites is 1. The summed E-state index contributed by atoms with van der Waals surface area (Å²) in [6.07, 6.45) is 6.62. The summed E-state index contributed by atoms with van der Waals surface area (Å²) in [5.41, 5.74) is 1.59. The maximum absolute atomic E-state index is 13.1. The summed E-state index contributed by atoms with van der Waals surface area (Å²) in [4.78, 5) is 15.6. The quantitative estimate of drug-likeness (QED) is 0.690. The van der Waals surface area contributed by atoms with Crippen LogP contribution in [0.5, 0.6) is 0 Å². The molecule has 2 fully saturated rings. The third kappa shape index (κ3) is 1.84. The molecule has 5 rings (SSSR count). The minimum Gasteiger partial charge on any atom is -0.456 e. The van der Waals surface area contributed by atoms with Crippen LogP contribution in [-0.4, -0.2) is 28.6 Å². The number of hydrogen-bond donors (Lipinski definition) is 0. The van der Waals surface area contributed by atoms with Gasteiger partial charge in [0.1, 0.15) is 11.2 Å². The number of aromatic nitrogens is 1. The maximum atomic E-state index is 13.1. The molecule has 2 aromatic heterocycles. The highest BCUT2D eigenvalue weighted by molar-refractivity contribution is 6.04. The first-order chi connectivity index (χ1) is 11.2. The lowest BCUT2D eigenvalue weighted by Crippen LogP contribution is -2.42. The molecule has 0 N–H and O–H groups in total. The van der Waals surface area contributed by atoms with Crippen LogP contribution >= 0.6 is 0 Å². The monoisotopic (exact) mass is 308 g/mol. The van der Waals surface area contributed by atoms with E-state index < -0.39 is 0 Å². The lowest BCUT2D eigenvalue weighted by Gasteiger charge is -2.37. The third-order valence-electron chi connectivity index (χ3n) is 5.92. The number of piperidine rings is 1. The van der Waals surface area contributed by atoms with E-state index in [1.165, 1.54) is 12.8 Å². The van der Waals surface area contributed by atoms with Gasteiger partial charge in [0.25, 0.3) is 5.56 Å². The number of fused-ring (bicyclic) bond motifs is 5. The molecule has 3 atom stereocenters. The lowest BCUT2D eigenvalue weighted by molar-refractivity contribution is 0.136. The van der Waals surface area contributed by atoms with Crippen LogP contribution in [-0.2, 0) is 0 Å². The highest BCUT2D eigenvalue weighted by atomic mass is 16.3. The molecule has 0 aliphatic carbocycles. The van der Waals surface area contributed by atoms with Crippen LogP contribution < -0.4 is 5.56 Å². The van der Waals surface area contributed by atoms with Crippen molar-refractivity contribution < 1.29 is 4.42 Å². The second kappa shape index (κ2) is 4.71. The Morgan fingerprint density at radius 2 is 1.74 bits per heavy atom. The topological polar surface area (TPSA) is 38.4 Å². The molecule has 0 saturated carbocycles. The Hall–Kier alpha value is -2.07. The molecule has 4 heteroatoms. The van der Waals surface area contributed by atoms with Crippen molar-refractivity contribution in [3.05, 3.63) is 46.9 Å². The summed E-state index contributed by atoms with van der Waals surface area (Å²) in [6, 6.07) is 11.3. The summed E-state index contributed by atoms with van der Waals surface area (Å²) in [5.74, 6) is 0. The fourth-order valence-corrected chi connectivity index (χ4v) is 4.64. The SMILES string of the molecule is CN1[C@@H]2CC[C@H]1C[C@H](n1ccc3oc4ccccc4c3c1=O)C2. The largest absolute Gasteiger partial charge is 0.456 e. The van der Waals surface area contributed by atoms with Crippen LogP contribution in [0, 0.1) is 0 Å². The zero-order chi connectivity index (χ0) is 15.6. The van der Waals surface area contributed by atoms with Crippen LogP contribution in [0.25, 0.3) is 21.9 Å². The van der Waals surface area contributed by atoms with Crippen LogP contribution in [0.2, 0.25) is 0 Å². The molecule has 2 aliphatic rings. The van der Waals surface area contributed by atoms with Gasteiger partial charge in [0.2, 0.25) is 0 Å². The predicted molar refractivity (Wildman–Crippen MR) is 90.8 cm³/mol. The van der Waals surface area contributed by atoms with Gasteiger partial charge in [0, 0.05) is 29.7 Å². The second-order valence-electron chi connectivity index (χ2n) is 7.04. The summed E-state index contributed by atoms with van der Waals surface area (Å²) in [6.45, 7) is 0. The number of furan rings is 1. The van der Waals surface area contributed by atoms with Crippen LogP contribution in [0.1, 0.15) is 31.7 Å². The van der Waals surface area contributed by atoms with Crippen molar-refractivity contribution in [1.29, 1.82) is 0 Å². The lowest BCUT2D eigenvalue weighted by atomic mass is 9.97. The van der Waals surface area contributed by atoms with E-state index in [4.69, 9.17) is 4.42 Å². The number of rotatable bonds is 1. The molecule has 3 aromatic rings. The molecule has 0 radical (unpaired) electrons. The van der Waals surface area contributed by atoms with E-state index in [1.807, 2.05) is 41.1 Å². The van der Waals surface area contributed by atoms with Crippen molar-refractivity contribution in [2.75, 3.05) is 7.05 Å². The van der Waals surface area contributed by atoms with Crippen LogP contribution in [0.3, 0.4) is 0 Å². The highest BCUT2D eigenvalue weighted by Gasteiger charge is 2.39. The molecule has 23 heavy (non-hydrogen) atoms. The standard InChI is InChI=1S/C19H20N2O2/c1-20-12-6-7-13(20)11-14(10-12)21-9-8-17-18(19(21)22)15-4-2-3-5-16(15)23-17/h2-5,8-9,12-14H,6-7,10-11H2,1H3/t12-,13+,14-. The summed E-state index contributed by atoms with van der Waals surface area (Å²) in [5, 5.41) is 1.66. The van der Waals surface area contributed by atoms with E-state index in [9.17, 15) is 4.79 Å². The Morgan fingerprint density at radius 1 is 1.00 bits per heavy atom. The fraction of sp³-hybridized carbons (Fsp3) is 0.421. The zero-order valence-corrected chi connectivity index (χ0v) is 13.2. The Morgan fingerprint density at radius 3 is 2.52 bits per heavy atom. The van der Waals surface area contributed by atoms with Gasteiger partial charge in [-0.2, -0.15) is 0 Å². The molecule has 0 spiro atoms. The summed E-state index contributed by atoms with van der Waals surface area (Å²) in [7, 11) is 2.23. The molecular formula is C19H20N2O2. The van der Waals surface area contributed by atoms with Gasteiger partial charge in [0.15, 0.2) is 0 Å². The van der Waals surface area contributed by atoms with Crippen molar-refractivity contribution in [2.45, 2.75) is 43.8 Å². The maximum Gasteiger partial charge on any atom is 0.262 e. The smallest absolute Gasteiger partial charge is 0.262 e. The van der Waals surface area contributed by atoms with E-state index in [0.717, 1.165) is 29.2 Å². The van der Waals surface area contributed by atoms with E-state index in [2.05, 4.69) is 11.9 Å². The number of pyridine rings is 1. The first kappa shape index (κ1) is 13.4. The highest BCUT2D eigenvalue weighted by Crippen LogP contribution is 2.39. The van der Waals surface area contributed by atoms with Crippen LogP contribution in [0.4, 0.5) is 0 Å². The molecule has 2 bridgehead atoms. The molecule has 118 valence electrons. The Labute approximate surface area is 134 Å². The van der Waals surface area contributed by atoms with Gasteiger partial charge in [-0.15, -0.1) is 0 Å². The van der Waals surface area contributed by atoms with Gasteiger partial charge in [-0.05, 0) is 44.9 Å². The van der Waals surface area contributed by atoms with E-state index >= 15 is 0 Å². The average molecular weight is 308 g/mol. The first-order valence-corrected chi connectivity index (χ1v) is 8.46. The molecule has 2 aliphatic heterocycles. The Balaban J connectivity index is 1.67. The average Bonchev–Trinajstić information content (AvgIpc) is 3.01. The van der Waals surface area contributed by atoms with E-state index in [-0.39, 0.29) is 5.56 Å².